The molecule has 2 atom stereocenters. The molecule has 1 aliphatic rings. The van der Waals surface area contributed by atoms with Crippen molar-refractivity contribution in [2.24, 2.45) is 5.41 Å². The number of hydrogen-bond donors (Lipinski definition) is 0. The Bertz CT molecular complexity index is 376. The van der Waals surface area contributed by atoms with Gasteiger partial charge in [-0.15, -0.1) is 0 Å². The van der Waals surface area contributed by atoms with Crippen LogP contribution in [-0.4, -0.2) is 32.4 Å². The molecule has 0 saturated carbocycles. The molecule has 0 aromatic carbocycles. The molecule has 4 heteroatoms. The molecular weight excluding hydrogens is 268 g/mol. The average molecular weight is 301 g/mol. The van der Waals surface area contributed by atoms with Gasteiger partial charge in [0.2, 0.25) is 0 Å². The molecule has 0 amide bonds. The molecule has 0 bridgehead atoms. The number of ether oxygens (including phenoxy) is 1. The van der Waals surface area contributed by atoms with Gasteiger partial charge in [0.1, 0.15) is 5.60 Å². The molecule has 0 aromatic rings. The third-order valence-corrected chi connectivity index (χ3v) is 9.26. The Morgan fingerprint density at radius 1 is 1.20 bits per heavy atom. The Morgan fingerprint density at radius 3 is 2.10 bits per heavy atom. The predicted molar refractivity (Wildman–Crippen MR) is 85.5 cm³/mol. The summed E-state index contributed by atoms with van der Waals surface area (Å²) < 4.78 is 12.3. The highest BCUT2D eigenvalue weighted by atomic mass is 28.4. The maximum Gasteiger partial charge on any atom is 0.192 e. The molecule has 1 aliphatic heterocycles. The van der Waals surface area contributed by atoms with E-state index in [9.17, 15) is 4.79 Å². The SMILES string of the molecule is CC(C)(C)C(=O)[C@]1(C)OCC[C@@H]1O[Si](C)(C)C(C)(C)C. The molecule has 0 aliphatic carbocycles. The fourth-order valence-corrected chi connectivity index (χ4v) is 3.81. The molecule has 20 heavy (non-hydrogen) atoms. The van der Waals surface area contributed by atoms with Gasteiger partial charge in [0, 0.05) is 5.41 Å². The first-order chi connectivity index (χ1) is 8.72. The monoisotopic (exact) mass is 300 g/mol. The van der Waals surface area contributed by atoms with Crippen LogP contribution in [0.15, 0.2) is 0 Å². The van der Waals surface area contributed by atoms with Gasteiger partial charge in [-0.25, -0.2) is 0 Å². The molecule has 0 N–H and O–H groups in total. The second kappa shape index (κ2) is 5.22. The molecule has 0 aromatic heterocycles. The normalized spacial score (nSPS) is 28.8. The molecule has 1 heterocycles. The molecule has 0 unspecified atom stereocenters. The van der Waals surface area contributed by atoms with Crippen LogP contribution in [0.2, 0.25) is 18.1 Å². The van der Waals surface area contributed by atoms with Crippen LogP contribution >= 0.6 is 0 Å². The second-order valence-electron chi connectivity index (χ2n) is 8.69. The van der Waals surface area contributed by atoms with Gasteiger partial charge in [0.15, 0.2) is 14.1 Å². The van der Waals surface area contributed by atoms with E-state index in [1.54, 1.807) is 0 Å². The first kappa shape index (κ1) is 17.9. The van der Waals surface area contributed by atoms with Crippen molar-refractivity contribution in [3.63, 3.8) is 0 Å². The van der Waals surface area contributed by atoms with Crippen molar-refractivity contribution in [1.82, 2.24) is 0 Å². The molecule has 1 saturated heterocycles. The maximum atomic E-state index is 12.7. The van der Waals surface area contributed by atoms with Crippen LogP contribution in [0, 0.1) is 5.41 Å². The van der Waals surface area contributed by atoms with Crippen LogP contribution in [0.25, 0.3) is 0 Å². The van der Waals surface area contributed by atoms with Crippen molar-refractivity contribution in [3.8, 4) is 0 Å². The zero-order valence-corrected chi connectivity index (χ0v) is 15.7. The van der Waals surface area contributed by atoms with E-state index in [4.69, 9.17) is 9.16 Å². The van der Waals surface area contributed by atoms with E-state index in [0.29, 0.717) is 6.61 Å². The Kier molecular flexibility index (Phi) is 4.66. The van der Waals surface area contributed by atoms with Crippen LogP contribution < -0.4 is 0 Å². The van der Waals surface area contributed by atoms with Crippen molar-refractivity contribution < 1.29 is 14.0 Å². The Balaban J connectivity index is 2.99. The second-order valence-corrected chi connectivity index (χ2v) is 13.4. The highest BCUT2D eigenvalue weighted by Gasteiger charge is 2.53. The molecule has 0 radical (unpaired) electrons. The van der Waals surface area contributed by atoms with Crippen LogP contribution in [0.3, 0.4) is 0 Å². The fraction of sp³-hybridized carbons (Fsp3) is 0.938. The van der Waals surface area contributed by atoms with Gasteiger partial charge >= 0.3 is 0 Å². The fourth-order valence-electron chi connectivity index (χ4n) is 2.41. The number of hydrogen-bond acceptors (Lipinski definition) is 3. The van der Waals surface area contributed by atoms with Gasteiger partial charge < -0.3 is 9.16 Å². The summed E-state index contributed by atoms with van der Waals surface area (Å²) in [6.45, 7) is 19.5. The summed E-state index contributed by atoms with van der Waals surface area (Å²) in [5.74, 6) is 0.145. The van der Waals surface area contributed by atoms with Crippen molar-refractivity contribution in [2.75, 3.05) is 6.61 Å². The molecule has 3 nitrogen and oxygen atoms in total. The number of rotatable bonds is 3. The molecular formula is C16H32O3Si. The summed E-state index contributed by atoms with van der Waals surface area (Å²) in [6.07, 6.45) is 0.695. The number of Topliss-reactive ketones (excluding diaryl/α,β-unsaturated/α-hetero) is 1. The van der Waals surface area contributed by atoms with Gasteiger partial charge in [-0.2, -0.15) is 0 Å². The summed E-state index contributed by atoms with van der Waals surface area (Å²) in [6, 6.07) is 0. The lowest BCUT2D eigenvalue weighted by atomic mass is 9.79. The lowest BCUT2D eigenvalue weighted by molar-refractivity contribution is -0.152. The van der Waals surface area contributed by atoms with E-state index in [2.05, 4.69) is 33.9 Å². The summed E-state index contributed by atoms with van der Waals surface area (Å²) in [5, 5.41) is 0.140. The molecule has 0 spiro atoms. The first-order valence-electron chi connectivity index (χ1n) is 7.58. The van der Waals surface area contributed by atoms with E-state index in [0.717, 1.165) is 6.42 Å². The van der Waals surface area contributed by atoms with Crippen molar-refractivity contribution >= 4 is 14.1 Å². The predicted octanol–water partition coefficient (Wildman–Crippen LogP) is 4.17. The van der Waals surface area contributed by atoms with Crippen molar-refractivity contribution in [3.05, 3.63) is 0 Å². The largest absolute Gasteiger partial charge is 0.410 e. The lowest BCUT2D eigenvalue weighted by Gasteiger charge is -2.42. The van der Waals surface area contributed by atoms with Gasteiger partial charge in [-0.3, -0.25) is 4.79 Å². The van der Waals surface area contributed by atoms with Crippen molar-refractivity contribution in [2.45, 2.75) is 84.7 Å². The zero-order chi connectivity index (χ0) is 16.0. The van der Waals surface area contributed by atoms with Crippen molar-refractivity contribution in [1.29, 1.82) is 0 Å². The lowest BCUT2D eigenvalue weighted by Crippen LogP contribution is -2.55. The standard InChI is InChI=1S/C16H32O3Si/c1-14(2,3)13(17)16(7)12(10-11-18-16)19-20(8,9)15(4,5)6/h12H,10-11H2,1-9H3/t12-,16+/m0/s1. The first-order valence-corrected chi connectivity index (χ1v) is 10.5. The van der Waals surface area contributed by atoms with E-state index in [-0.39, 0.29) is 16.9 Å². The summed E-state index contributed by atoms with van der Waals surface area (Å²) in [4.78, 5) is 12.7. The molecule has 1 rings (SSSR count). The minimum atomic E-state index is -1.90. The highest BCUT2D eigenvalue weighted by Crippen LogP contribution is 2.42. The topological polar surface area (TPSA) is 35.5 Å². The minimum absolute atomic E-state index is 0.116. The quantitative estimate of drug-likeness (QED) is 0.734. The third-order valence-electron chi connectivity index (χ3n) is 4.77. The van der Waals surface area contributed by atoms with Gasteiger partial charge in [0.05, 0.1) is 12.7 Å². The van der Waals surface area contributed by atoms with E-state index < -0.39 is 19.3 Å². The number of carbonyl (C=O) groups excluding carboxylic acids is 1. The highest BCUT2D eigenvalue weighted by molar-refractivity contribution is 6.74. The number of ketones is 1. The van der Waals surface area contributed by atoms with Gasteiger partial charge in [-0.05, 0) is 31.5 Å². The molecule has 118 valence electrons. The Hall–Kier alpha value is -0.193. The summed E-state index contributed by atoms with van der Waals surface area (Å²) >= 11 is 0. The van der Waals surface area contributed by atoms with E-state index in [1.165, 1.54) is 0 Å². The smallest absolute Gasteiger partial charge is 0.192 e. The maximum absolute atomic E-state index is 12.7. The van der Waals surface area contributed by atoms with Crippen LogP contribution in [0.5, 0.6) is 0 Å². The van der Waals surface area contributed by atoms with Gasteiger partial charge in [-0.1, -0.05) is 41.5 Å². The average Bonchev–Trinajstić information content (AvgIpc) is 2.57. The minimum Gasteiger partial charge on any atom is -0.410 e. The molecule has 1 fully saturated rings. The zero-order valence-electron chi connectivity index (χ0n) is 14.7. The van der Waals surface area contributed by atoms with Crippen LogP contribution in [-0.2, 0) is 14.0 Å². The Morgan fingerprint density at radius 2 is 1.70 bits per heavy atom. The van der Waals surface area contributed by atoms with Gasteiger partial charge in [0.25, 0.3) is 0 Å². The Labute approximate surface area is 125 Å². The van der Waals surface area contributed by atoms with Crippen LogP contribution in [0.4, 0.5) is 0 Å². The summed E-state index contributed by atoms with van der Waals surface area (Å²) in [7, 11) is -1.90. The number of carbonyl (C=O) groups is 1. The van der Waals surface area contributed by atoms with E-state index >= 15 is 0 Å². The third kappa shape index (κ3) is 3.34. The summed E-state index contributed by atoms with van der Waals surface area (Å²) in [5.41, 5.74) is -1.21. The van der Waals surface area contributed by atoms with E-state index in [1.807, 2.05) is 27.7 Å². The van der Waals surface area contributed by atoms with Crippen LogP contribution in [0.1, 0.15) is 54.9 Å².